The molecule has 0 fully saturated rings. The van der Waals surface area contributed by atoms with Crippen LogP contribution in [0.1, 0.15) is 10.4 Å². The molecule has 0 spiro atoms. The van der Waals surface area contributed by atoms with E-state index in [1.807, 2.05) is 0 Å². The molecule has 5 nitrogen and oxygen atoms in total. The van der Waals surface area contributed by atoms with Crippen molar-refractivity contribution in [2.24, 2.45) is 0 Å². The van der Waals surface area contributed by atoms with Crippen molar-refractivity contribution in [3.63, 3.8) is 0 Å². The molecule has 1 amide bonds. The molecule has 0 atom stereocenters. The summed E-state index contributed by atoms with van der Waals surface area (Å²) >= 11 is 8.67. The van der Waals surface area contributed by atoms with Crippen LogP contribution in [0.25, 0.3) is 0 Å². The van der Waals surface area contributed by atoms with Gasteiger partial charge in [-0.25, -0.2) is 4.39 Å². The van der Waals surface area contributed by atoms with E-state index in [1.54, 1.807) is 0 Å². The van der Waals surface area contributed by atoms with Gasteiger partial charge in [0.05, 0.1) is 9.40 Å². The van der Waals surface area contributed by atoms with Gasteiger partial charge in [0, 0.05) is 16.8 Å². The second-order valence-corrected chi connectivity index (χ2v) is 5.29. The molecule has 0 aliphatic rings. The molecule has 0 aromatic heterocycles. The van der Waals surface area contributed by atoms with E-state index in [4.69, 9.17) is 11.6 Å². The summed E-state index contributed by atoms with van der Waals surface area (Å²) in [4.78, 5) is 22.3. The SMILES string of the molecule is O=C(Nc1ccc(F)c(Br)c1)c1ccc(Cl)cc1[N+](=O)[O-]. The van der Waals surface area contributed by atoms with E-state index >= 15 is 0 Å². The van der Waals surface area contributed by atoms with Crippen LogP contribution in [0, 0.1) is 15.9 Å². The first-order valence-electron chi connectivity index (χ1n) is 5.59. The Bertz CT molecular complexity index is 739. The Hall–Kier alpha value is -1.99. The Balaban J connectivity index is 2.32. The largest absolute Gasteiger partial charge is 0.322 e. The van der Waals surface area contributed by atoms with Gasteiger partial charge >= 0.3 is 0 Å². The van der Waals surface area contributed by atoms with Crippen LogP contribution in [0.5, 0.6) is 0 Å². The lowest BCUT2D eigenvalue weighted by Gasteiger charge is -2.07. The predicted molar refractivity (Wildman–Crippen MR) is 80.2 cm³/mol. The van der Waals surface area contributed by atoms with Crippen molar-refractivity contribution in [3.8, 4) is 0 Å². The fourth-order valence-corrected chi connectivity index (χ4v) is 2.17. The molecule has 0 aliphatic carbocycles. The van der Waals surface area contributed by atoms with E-state index in [-0.39, 0.29) is 15.1 Å². The lowest BCUT2D eigenvalue weighted by molar-refractivity contribution is -0.385. The third-order valence-corrected chi connectivity index (χ3v) is 3.42. The van der Waals surface area contributed by atoms with E-state index in [0.717, 1.165) is 12.1 Å². The van der Waals surface area contributed by atoms with E-state index in [9.17, 15) is 19.3 Å². The van der Waals surface area contributed by atoms with Gasteiger partial charge in [-0.1, -0.05) is 11.6 Å². The van der Waals surface area contributed by atoms with Crippen molar-refractivity contribution in [3.05, 3.63) is 67.4 Å². The molecule has 108 valence electrons. The number of benzene rings is 2. The van der Waals surface area contributed by atoms with Crippen LogP contribution in [-0.4, -0.2) is 10.8 Å². The molecule has 21 heavy (non-hydrogen) atoms. The zero-order valence-electron chi connectivity index (χ0n) is 10.3. The number of nitro benzene ring substituents is 1. The van der Waals surface area contributed by atoms with Crippen molar-refractivity contribution in [1.29, 1.82) is 0 Å². The molecular formula is C13H7BrClFN2O3. The third-order valence-electron chi connectivity index (χ3n) is 2.58. The van der Waals surface area contributed by atoms with Crippen LogP contribution < -0.4 is 5.32 Å². The number of anilines is 1. The van der Waals surface area contributed by atoms with Crippen LogP contribution in [0.15, 0.2) is 40.9 Å². The van der Waals surface area contributed by atoms with Gasteiger partial charge in [0.25, 0.3) is 11.6 Å². The van der Waals surface area contributed by atoms with Crippen LogP contribution >= 0.6 is 27.5 Å². The van der Waals surface area contributed by atoms with E-state index in [1.165, 1.54) is 24.3 Å². The molecule has 0 saturated carbocycles. The second kappa shape index (κ2) is 6.19. The van der Waals surface area contributed by atoms with Gasteiger partial charge in [-0.15, -0.1) is 0 Å². The van der Waals surface area contributed by atoms with Gasteiger partial charge in [0.15, 0.2) is 0 Å². The number of nitrogens with zero attached hydrogens (tertiary/aromatic N) is 1. The molecule has 0 saturated heterocycles. The molecule has 0 aliphatic heterocycles. The molecule has 2 rings (SSSR count). The maximum Gasteiger partial charge on any atom is 0.283 e. The lowest BCUT2D eigenvalue weighted by atomic mass is 10.1. The average Bonchev–Trinajstić information content (AvgIpc) is 2.42. The van der Waals surface area contributed by atoms with Gasteiger partial charge in [0.2, 0.25) is 0 Å². The molecule has 2 aromatic carbocycles. The summed E-state index contributed by atoms with van der Waals surface area (Å²) in [6, 6.07) is 7.60. The van der Waals surface area contributed by atoms with E-state index in [2.05, 4.69) is 21.2 Å². The van der Waals surface area contributed by atoms with Crippen molar-refractivity contribution in [2.75, 3.05) is 5.32 Å². The quantitative estimate of drug-likeness (QED) is 0.640. The number of nitro groups is 1. The Morgan fingerprint density at radius 2 is 2.00 bits per heavy atom. The monoisotopic (exact) mass is 372 g/mol. The number of nitrogens with one attached hydrogen (secondary N) is 1. The highest BCUT2D eigenvalue weighted by Gasteiger charge is 2.20. The zero-order valence-corrected chi connectivity index (χ0v) is 12.6. The Morgan fingerprint density at radius 3 is 2.62 bits per heavy atom. The molecular weight excluding hydrogens is 367 g/mol. The Morgan fingerprint density at radius 1 is 1.29 bits per heavy atom. The minimum atomic E-state index is -0.693. The first kappa shape index (κ1) is 15.4. The number of hydrogen-bond donors (Lipinski definition) is 1. The summed E-state index contributed by atoms with van der Waals surface area (Å²) in [5.74, 6) is -1.16. The Kier molecular flexibility index (Phi) is 4.54. The first-order valence-corrected chi connectivity index (χ1v) is 6.76. The van der Waals surface area contributed by atoms with Crippen molar-refractivity contribution >= 4 is 44.8 Å². The van der Waals surface area contributed by atoms with Crippen LogP contribution in [0.3, 0.4) is 0 Å². The van der Waals surface area contributed by atoms with Crippen LogP contribution in [0.4, 0.5) is 15.8 Å². The van der Waals surface area contributed by atoms with Crippen molar-refractivity contribution in [1.82, 2.24) is 0 Å². The van der Waals surface area contributed by atoms with Gasteiger partial charge < -0.3 is 5.32 Å². The van der Waals surface area contributed by atoms with Crippen LogP contribution in [-0.2, 0) is 0 Å². The van der Waals surface area contributed by atoms with Crippen LogP contribution in [0.2, 0.25) is 5.02 Å². The molecule has 0 unspecified atom stereocenters. The lowest BCUT2D eigenvalue weighted by Crippen LogP contribution is -2.14. The van der Waals surface area contributed by atoms with Crippen molar-refractivity contribution < 1.29 is 14.1 Å². The average molecular weight is 374 g/mol. The number of rotatable bonds is 3. The second-order valence-electron chi connectivity index (χ2n) is 4.00. The fraction of sp³-hybridized carbons (Fsp3) is 0. The third kappa shape index (κ3) is 3.56. The normalized spacial score (nSPS) is 10.2. The van der Waals surface area contributed by atoms with Gasteiger partial charge in [-0.05, 0) is 46.3 Å². The van der Waals surface area contributed by atoms with Gasteiger partial charge in [-0.2, -0.15) is 0 Å². The van der Waals surface area contributed by atoms with E-state index < -0.39 is 22.3 Å². The summed E-state index contributed by atoms with van der Waals surface area (Å²) in [6.45, 7) is 0. The highest BCUT2D eigenvalue weighted by Crippen LogP contribution is 2.25. The maximum absolute atomic E-state index is 13.1. The highest BCUT2D eigenvalue weighted by molar-refractivity contribution is 9.10. The van der Waals surface area contributed by atoms with Gasteiger partial charge in [-0.3, -0.25) is 14.9 Å². The topological polar surface area (TPSA) is 72.2 Å². The molecule has 0 heterocycles. The minimum Gasteiger partial charge on any atom is -0.322 e. The molecule has 2 aromatic rings. The number of carbonyl (C=O) groups excluding carboxylic acids is 1. The number of amides is 1. The first-order chi connectivity index (χ1) is 9.88. The predicted octanol–water partition coefficient (Wildman–Crippen LogP) is 4.40. The highest BCUT2D eigenvalue weighted by atomic mass is 79.9. The summed E-state index contributed by atoms with van der Waals surface area (Å²) in [5.41, 5.74) is -0.233. The smallest absolute Gasteiger partial charge is 0.283 e. The molecule has 1 N–H and O–H groups in total. The molecule has 0 radical (unpaired) electrons. The summed E-state index contributed by atoms with van der Waals surface area (Å²) in [6.07, 6.45) is 0. The minimum absolute atomic E-state index is 0.134. The standard InChI is InChI=1S/C13H7BrClFN2O3/c14-10-6-8(2-4-11(10)16)17-13(19)9-3-1-7(15)5-12(9)18(20)21/h1-6H,(H,17,19). The summed E-state index contributed by atoms with van der Waals surface area (Å²) in [5, 5.41) is 13.6. The number of carbonyl (C=O) groups is 1. The number of hydrogen-bond acceptors (Lipinski definition) is 3. The Labute approximate surface area is 132 Å². The number of halogens is 3. The molecule has 8 heteroatoms. The van der Waals surface area contributed by atoms with Gasteiger partial charge in [0.1, 0.15) is 11.4 Å². The summed E-state index contributed by atoms with van der Waals surface area (Å²) in [7, 11) is 0. The zero-order chi connectivity index (χ0) is 15.6. The maximum atomic E-state index is 13.1. The fourth-order valence-electron chi connectivity index (χ4n) is 1.62. The van der Waals surface area contributed by atoms with Crippen molar-refractivity contribution in [2.45, 2.75) is 0 Å². The molecule has 0 bridgehead atoms. The summed E-state index contributed by atoms with van der Waals surface area (Å²) < 4.78 is 13.3. The van der Waals surface area contributed by atoms with E-state index in [0.29, 0.717) is 5.69 Å².